The summed E-state index contributed by atoms with van der Waals surface area (Å²) < 4.78 is 0. The third kappa shape index (κ3) is 3.60. The molecule has 2 heterocycles. The number of aromatic nitrogens is 3. The van der Waals surface area contributed by atoms with Crippen molar-refractivity contribution in [2.45, 2.75) is 19.8 Å². The van der Waals surface area contributed by atoms with Gasteiger partial charge in [0, 0.05) is 24.3 Å². The lowest BCUT2D eigenvalue weighted by Crippen LogP contribution is -2.21. The highest BCUT2D eigenvalue weighted by Gasteiger charge is 2.18. The fraction of sp³-hybridized carbons (Fsp3) is 0.250. The zero-order chi connectivity index (χ0) is 17.1. The summed E-state index contributed by atoms with van der Waals surface area (Å²) in [4.78, 5) is 16.2. The summed E-state index contributed by atoms with van der Waals surface area (Å²) in [5, 5.41) is 3.32. The first-order valence-corrected chi connectivity index (χ1v) is 8.68. The number of hydrogen-bond acceptors (Lipinski definition) is 5. The van der Waals surface area contributed by atoms with E-state index in [2.05, 4.69) is 39.2 Å². The van der Waals surface area contributed by atoms with Crippen LogP contribution in [0.2, 0.25) is 0 Å². The molecule has 0 radical (unpaired) electrons. The van der Waals surface area contributed by atoms with E-state index in [9.17, 15) is 0 Å². The normalized spacial score (nSPS) is 13.9. The Hall–Kier alpha value is -2.95. The number of anilines is 3. The smallest absolute Gasteiger partial charge is 0.232 e. The summed E-state index contributed by atoms with van der Waals surface area (Å²) >= 11 is 0. The molecule has 25 heavy (non-hydrogen) atoms. The van der Waals surface area contributed by atoms with Gasteiger partial charge >= 0.3 is 0 Å². The van der Waals surface area contributed by atoms with Crippen LogP contribution in [-0.2, 0) is 0 Å². The molecule has 1 aliphatic rings. The first-order valence-electron chi connectivity index (χ1n) is 8.68. The number of hydrogen-bond donors (Lipinski definition) is 1. The minimum absolute atomic E-state index is 0.583. The highest BCUT2D eigenvalue weighted by atomic mass is 15.3. The summed E-state index contributed by atoms with van der Waals surface area (Å²) in [6, 6.07) is 18.3. The molecular weight excluding hydrogens is 310 g/mol. The Kier molecular flexibility index (Phi) is 4.29. The highest BCUT2D eigenvalue weighted by molar-refractivity contribution is 5.61. The van der Waals surface area contributed by atoms with Gasteiger partial charge in [-0.25, -0.2) is 0 Å². The molecule has 5 nitrogen and oxygen atoms in total. The van der Waals surface area contributed by atoms with Gasteiger partial charge in [0.1, 0.15) is 0 Å². The Morgan fingerprint density at radius 3 is 2.28 bits per heavy atom. The average molecular weight is 331 g/mol. The Balaban J connectivity index is 1.71. The molecule has 0 saturated carbocycles. The molecule has 1 aliphatic heterocycles. The van der Waals surface area contributed by atoms with Crippen LogP contribution in [0.5, 0.6) is 0 Å². The van der Waals surface area contributed by atoms with Gasteiger partial charge in [0.15, 0.2) is 5.82 Å². The molecule has 0 aliphatic carbocycles. The molecule has 2 aromatic carbocycles. The number of nitrogens with one attached hydrogen (secondary N) is 1. The molecule has 0 bridgehead atoms. The van der Waals surface area contributed by atoms with Gasteiger partial charge in [-0.2, -0.15) is 15.0 Å². The predicted molar refractivity (Wildman–Crippen MR) is 101 cm³/mol. The van der Waals surface area contributed by atoms with Gasteiger partial charge in [0.2, 0.25) is 11.9 Å². The van der Waals surface area contributed by atoms with Crippen LogP contribution >= 0.6 is 0 Å². The molecular formula is C20H21N5. The highest BCUT2D eigenvalue weighted by Crippen LogP contribution is 2.23. The Labute approximate surface area is 147 Å². The SMILES string of the molecule is Cc1ccc(Nc2nc(-c3ccccc3)nc(N3CCCC3)n2)cc1. The maximum absolute atomic E-state index is 4.71. The zero-order valence-electron chi connectivity index (χ0n) is 14.3. The third-order valence-electron chi connectivity index (χ3n) is 4.35. The van der Waals surface area contributed by atoms with Gasteiger partial charge in [0.25, 0.3) is 0 Å². The fourth-order valence-corrected chi connectivity index (χ4v) is 2.96. The number of aryl methyl sites for hydroxylation is 1. The Morgan fingerprint density at radius 2 is 1.56 bits per heavy atom. The molecule has 3 aromatic rings. The minimum atomic E-state index is 0.583. The minimum Gasteiger partial charge on any atom is -0.341 e. The van der Waals surface area contributed by atoms with Crippen LogP contribution in [-0.4, -0.2) is 28.0 Å². The van der Waals surface area contributed by atoms with Crippen LogP contribution in [0.15, 0.2) is 54.6 Å². The molecule has 0 amide bonds. The Morgan fingerprint density at radius 1 is 0.840 bits per heavy atom. The van der Waals surface area contributed by atoms with Crippen molar-refractivity contribution in [3.63, 3.8) is 0 Å². The number of rotatable bonds is 4. The molecule has 0 spiro atoms. The molecule has 0 unspecified atom stereocenters. The van der Waals surface area contributed by atoms with Crippen molar-refractivity contribution in [1.29, 1.82) is 0 Å². The average Bonchev–Trinajstić information content (AvgIpc) is 3.19. The molecule has 4 rings (SSSR count). The lowest BCUT2D eigenvalue weighted by molar-refractivity contribution is 0.886. The summed E-state index contributed by atoms with van der Waals surface area (Å²) in [6.45, 7) is 4.08. The van der Waals surface area contributed by atoms with Gasteiger partial charge in [-0.3, -0.25) is 0 Å². The molecule has 1 fully saturated rings. The van der Waals surface area contributed by atoms with Gasteiger partial charge in [0.05, 0.1) is 0 Å². The topological polar surface area (TPSA) is 53.9 Å². The summed E-state index contributed by atoms with van der Waals surface area (Å²) in [5.41, 5.74) is 3.20. The van der Waals surface area contributed by atoms with Crippen LogP contribution in [0.25, 0.3) is 11.4 Å². The largest absolute Gasteiger partial charge is 0.341 e. The van der Waals surface area contributed by atoms with E-state index < -0.39 is 0 Å². The fourth-order valence-electron chi connectivity index (χ4n) is 2.96. The van der Waals surface area contributed by atoms with Crippen molar-refractivity contribution < 1.29 is 0 Å². The first-order chi connectivity index (χ1) is 12.3. The van der Waals surface area contributed by atoms with Crippen LogP contribution in [0, 0.1) is 6.92 Å². The molecule has 1 aromatic heterocycles. The van der Waals surface area contributed by atoms with Crippen molar-refractivity contribution in [2.75, 3.05) is 23.3 Å². The van der Waals surface area contributed by atoms with E-state index in [0.717, 1.165) is 30.3 Å². The van der Waals surface area contributed by atoms with E-state index >= 15 is 0 Å². The third-order valence-corrected chi connectivity index (χ3v) is 4.35. The predicted octanol–water partition coefficient (Wildman–Crippen LogP) is 4.19. The first kappa shape index (κ1) is 15.6. The van der Waals surface area contributed by atoms with Crippen LogP contribution in [0.3, 0.4) is 0 Å². The van der Waals surface area contributed by atoms with E-state index in [4.69, 9.17) is 4.98 Å². The van der Waals surface area contributed by atoms with Gasteiger partial charge in [-0.15, -0.1) is 0 Å². The summed E-state index contributed by atoms with van der Waals surface area (Å²) in [7, 11) is 0. The maximum Gasteiger partial charge on any atom is 0.232 e. The Bertz CT molecular complexity index is 840. The van der Waals surface area contributed by atoms with Gasteiger partial charge in [-0.1, -0.05) is 48.0 Å². The van der Waals surface area contributed by atoms with Crippen molar-refractivity contribution in [3.8, 4) is 11.4 Å². The van der Waals surface area contributed by atoms with Crippen LogP contribution < -0.4 is 10.2 Å². The second-order valence-electron chi connectivity index (χ2n) is 6.33. The molecule has 1 N–H and O–H groups in total. The lowest BCUT2D eigenvalue weighted by atomic mass is 10.2. The standard InChI is InChI=1S/C20H21N5/c1-15-9-11-17(12-10-15)21-19-22-18(16-7-3-2-4-8-16)23-20(24-19)25-13-5-6-14-25/h2-4,7-12H,5-6,13-14H2,1H3,(H,21,22,23,24). The molecule has 0 atom stereocenters. The summed E-state index contributed by atoms with van der Waals surface area (Å²) in [6.07, 6.45) is 2.38. The van der Waals surface area contributed by atoms with E-state index in [1.165, 1.54) is 18.4 Å². The molecule has 126 valence electrons. The van der Waals surface area contributed by atoms with E-state index in [-0.39, 0.29) is 0 Å². The van der Waals surface area contributed by atoms with Crippen LogP contribution in [0.1, 0.15) is 18.4 Å². The quantitative estimate of drug-likeness (QED) is 0.777. The zero-order valence-corrected chi connectivity index (χ0v) is 14.3. The second kappa shape index (κ2) is 6.89. The van der Waals surface area contributed by atoms with Crippen molar-refractivity contribution in [3.05, 3.63) is 60.2 Å². The van der Waals surface area contributed by atoms with Crippen molar-refractivity contribution >= 4 is 17.6 Å². The van der Waals surface area contributed by atoms with E-state index in [1.807, 2.05) is 42.5 Å². The molecule has 5 heteroatoms. The maximum atomic E-state index is 4.71. The van der Waals surface area contributed by atoms with Crippen molar-refractivity contribution in [1.82, 2.24) is 15.0 Å². The summed E-state index contributed by atoms with van der Waals surface area (Å²) in [5.74, 6) is 2.03. The van der Waals surface area contributed by atoms with Gasteiger partial charge in [-0.05, 0) is 31.9 Å². The number of nitrogens with zero attached hydrogens (tertiary/aromatic N) is 4. The van der Waals surface area contributed by atoms with Crippen LogP contribution in [0.4, 0.5) is 17.6 Å². The van der Waals surface area contributed by atoms with E-state index in [1.54, 1.807) is 0 Å². The van der Waals surface area contributed by atoms with E-state index in [0.29, 0.717) is 11.8 Å². The number of benzene rings is 2. The lowest BCUT2D eigenvalue weighted by Gasteiger charge is -2.17. The molecule has 1 saturated heterocycles. The van der Waals surface area contributed by atoms with Gasteiger partial charge < -0.3 is 10.2 Å². The monoisotopic (exact) mass is 331 g/mol. The van der Waals surface area contributed by atoms with Crippen molar-refractivity contribution in [2.24, 2.45) is 0 Å². The second-order valence-corrected chi connectivity index (χ2v) is 6.33.